The maximum absolute atomic E-state index is 11.7. The van der Waals surface area contributed by atoms with Crippen LogP contribution in [-0.4, -0.2) is 21.7 Å². The monoisotopic (exact) mass is 746 g/mol. The summed E-state index contributed by atoms with van der Waals surface area (Å²) >= 11 is 40.7. The summed E-state index contributed by atoms with van der Waals surface area (Å²) < 4.78 is 0. The van der Waals surface area contributed by atoms with Crippen molar-refractivity contribution in [1.82, 2.24) is 0 Å². The molecule has 0 aromatic heterocycles. The largest absolute Gasteiger partial charge is 0.321 e. The third-order valence-corrected chi connectivity index (χ3v) is 9.44. The molecule has 0 fully saturated rings. The van der Waals surface area contributed by atoms with Gasteiger partial charge in [0, 0.05) is 58.0 Å². The molecule has 0 spiro atoms. The molecular weight excluding hydrogens is 733 g/mol. The number of rotatable bonds is 8. The first-order chi connectivity index (χ1) is 21.1. The number of nitro benzene ring substituents is 2. The molecule has 0 heterocycles. The van der Waals surface area contributed by atoms with Crippen molar-refractivity contribution in [3.05, 3.63) is 98.9 Å². The Kier molecular flexibility index (Phi) is 10.8. The van der Waals surface area contributed by atoms with Crippen LogP contribution >= 0.6 is 81.4 Å². The molecule has 0 saturated heterocycles. The molecule has 4 rings (SSSR count). The molecule has 0 aliphatic rings. The molecule has 4 aromatic carbocycles. The zero-order valence-electron chi connectivity index (χ0n) is 22.6. The summed E-state index contributed by atoms with van der Waals surface area (Å²) in [7, 11) is 0. The van der Waals surface area contributed by atoms with Crippen molar-refractivity contribution >= 4 is 116 Å². The number of nitrogens with one attached hydrogen (secondary N) is 2. The van der Waals surface area contributed by atoms with E-state index in [1.807, 2.05) is 0 Å². The van der Waals surface area contributed by atoms with Crippen LogP contribution in [0.2, 0.25) is 30.1 Å². The van der Waals surface area contributed by atoms with Gasteiger partial charge in [-0.2, -0.15) is 0 Å². The van der Waals surface area contributed by atoms with Crippen molar-refractivity contribution in [2.45, 2.75) is 23.6 Å². The maximum atomic E-state index is 11.7. The van der Waals surface area contributed by atoms with Crippen LogP contribution in [0.15, 0.2) is 58.3 Å². The van der Waals surface area contributed by atoms with Gasteiger partial charge in [-0.15, -0.1) is 0 Å². The summed E-state index contributed by atoms with van der Waals surface area (Å²) in [4.78, 5) is 46.1. The lowest BCUT2D eigenvalue weighted by molar-refractivity contribution is -0.384. The molecule has 232 valence electrons. The summed E-state index contributed by atoms with van der Waals surface area (Å²) in [6.45, 7) is 2.40. The summed E-state index contributed by atoms with van der Waals surface area (Å²) in [5, 5.41) is 28.5. The Morgan fingerprint density at radius 3 is 1.29 bits per heavy atom. The third-order valence-electron chi connectivity index (χ3n) is 6.06. The summed E-state index contributed by atoms with van der Waals surface area (Å²) in [6, 6.07) is 11.1. The number of nitro groups is 2. The Morgan fingerprint density at radius 1 is 0.622 bits per heavy atom. The van der Waals surface area contributed by atoms with Gasteiger partial charge in [0.2, 0.25) is 11.8 Å². The van der Waals surface area contributed by atoms with Crippen LogP contribution in [-0.2, 0) is 9.59 Å². The highest BCUT2D eigenvalue weighted by molar-refractivity contribution is 7.99. The van der Waals surface area contributed by atoms with Crippen molar-refractivity contribution in [3.63, 3.8) is 0 Å². The van der Waals surface area contributed by atoms with Crippen molar-refractivity contribution < 1.29 is 19.4 Å². The Morgan fingerprint density at radius 2 is 0.978 bits per heavy atom. The molecule has 17 heteroatoms. The average Bonchev–Trinajstić information content (AvgIpc) is 2.93. The van der Waals surface area contributed by atoms with Gasteiger partial charge >= 0.3 is 0 Å². The summed E-state index contributed by atoms with van der Waals surface area (Å²) in [6.07, 6.45) is 0. The number of nitrogens with zero attached hydrogens (tertiary/aromatic N) is 2. The van der Waals surface area contributed by atoms with E-state index >= 15 is 0 Å². The first-order valence-electron chi connectivity index (χ1n) is 12.3. The highest BCUT2D eigenvalue weighted by Crippen LogP contribution is 2.50. The van der Waals surface area contributed by atoms with E-state index < -0.39 is 33.0 Å². The molecule has 0 aliphatic heterocycles. The van der Waals surface area contributed by atoms with Crippen LogP contribution in [0.5, 0.6) is 0 Å². The molecule has 10 nitrogen and oxygen atoms in total. The van der Waals surface area contributed by atoms with Crippen LogP contribution < -0.4 is 10.6 Å². The normalized spacial score (nSPS) is 10.8. The zero-order chi connectivity index (χ0) is 33.3. The van der Waals surface area contributed by atoms with Gasteiger partial charge < -0.3 is 10.6 Å². The minimum Gasteiger partial charge on any atom is -0.321 e. The van der Waals surface area contributed by atoms with E-state index in [-0.39, 0.29) is 63.8 Å². The smallest absolute Gasteiger partial charge is 0.294 e. The lowest BCUT2D eigenvalue weighted by atomic mass is 10.0. The zero-order valence-corrected chi connectivity index (χ0v) is 28.0. The van der Waals surface area contributed by atoms with E-state index in [0.29, 0.717) is 9.79 Å². The third kappa shape index (κ3) is 7.41. The van der Waals surface area contributed by atoms with Gasteiger partial charge in [-0.05, 0) is 36.4 Å². The predicted octanol–water partition coefficient (Wildman–Crippen LogP) is 10.8. The molecule has 2 amide bonds. The molecule has 0 aliphatic carbocycles. The number of carbonyl (C=O) groups is 2. The van der Waals surface area contributed by atoms with Gasteiger partial charge in [-0.1, -0.05) is 81.4 Å². The Balaban J connectivity index is 1.85. The van der Waals surface area contributed by atoms with Gasteiger partial charge in [0.1, 0.15) is 11.4 Å². The Hall–Kier alpha value is -3.29. The number of anilines is 2. The number of benzene rings is 4. The minimum absolute atomic E-state index is 0.0450. The first kappa shape index (κ1) is 34.6. The second kappa shape index (κ2) is 14.0. The van der Waals surface area contributed by atoms with Crippen molar-refractivity contribution in [1.29, 1.82) is 0 Å². The summed E-state index contributed by atoms with van der Waals surface area (Å²) in [5.41, 5.74) is -0.171. The number of hydrogen-bond acceptors (Lipinski definition) is 7. The lowest BCUT2D eigenvalue weighted by Crippen LogP contribution is -2.08. The Bertz CT molecular complexity index is 1800. The van der Waals surface area contributed by atoms with E-state index in [1.54, 1.807) is 24.3 Å². The van der Waals surface area contributed by atoms with E-state index in [9.17, 15) is 29.8 Å². The van der Waals surface area contributed by atoms with Crippen LogP contribution in [0.1, 0.15) is 13.8 Å². The van der Waals surface area contributed by atoms with Crippen LogP contribution in [0.3, 0.4) is 0 Å². The molecule has 2 N–H and O–H groups in total. The topological polar surface area (TPSA) is 144 Å². The highest BCUT2D eigenvalue weighted by atomic mass is 35.5. The minimum atomic E-state index is -0.688. The number of carbonyl (C=O) groups excluding carboxylic acids is 2. The van der Waals surface area contributed by atoms with E-state index in [0.717, 1.165) is 23.9 Å². The maximum Gasteiger partial charge on any atom is 0.294 e. The van der Waals surface area contributed by atoms with E-state index in [1.165, 1.54) is 26.0 Å². The Labute approximate surface area is 289 Å². The van der Waals surface area contributed by atoms with Crippen molar-refractivity contribution in [3.8, 4) is 22.3 Å². The SMILES string of the molecule is CC(=O)Nc1cc(-c2c(Cl)ccc(Sc3ccc(Cl)c(-c4cc(NC(C)=O)c([N+](=O)[O-])cc4Cl)c3Cl)c2Cl)c(Cl)cc1[N+](=O)[O-]. The van der Waals surface area contributed by atoms with Crippen molar-refractivity contribution in [2.24, 2.45) is 0 Å². The van der Waals surface area contributed by atoms with Gasteiger partial charge in [0.15, 0.2) is 0 Å². The predicted molar refractivity (Wildman–Crippen MR) is 180 cm³/mol. The number of halogens is 6. The fourth-order valence-corrected chi connectivity index (χ4v) is 7.00. The van der Waals surface area contributed by atoms with Crippen LogP contribution in [0.4, 0.5) is 22.7 Å². The van der Waals surface area contributed by atoms with Gasteiger partial charge in [0.25, 0.3) is 11.4 Å². The summed E-state index contributed by atoms with van der Waals surface area (Å²) in [5.74, 6) is -1.09. The van der Waals surface area contributed by atoms with Gasteiger partial charge in [-0.25, -0.2) is 0 Å². The van der Waals surface area contributed by atoms with Crippen LogP contribution in [0, 0.1) is 20.2 Å². The lowest BCUT2D eigenvalue weighted by Gasteiger charge is -2.17. The number of amides is 2. The molecule has 0 unspecified atom stereocenters. The van der Waals surface area contributed by atoms with E-state index in [4.69, 9.17) is 69.6 Å². The van der Waals surface area contributed by atoms with Crippen molar-refractivity contribution in [2.75, 3.05) is 10.6 Å². The fourth-order valence-electron chi connectivity index (χ4n) is 4.23. The molecule has 0 radical (unpaired) electrons. The van der Waals surface area contributed by atoms with Gasteiger partial charge in [-0.3, -0.25) is 29.8 Å². The second-order valence-corrected chi connectivity index (χ2v) is 12.6. The van der Waals surface area contributed by atoms with Crippen LogP contribution in [0.25, 0.3) is 22.3 Å². The van der Waals surface area contributed by atoms with Gasteiger partial charge in [0.05, 0.1) is 40.0 Å². The molecule has 0 atom stereocenters. The molecule has 45 heavy (non-hydrogen) atoms. The molecule has 4 aromatic rings. The second-order valence-electron chi connectivity index (χ2n) is 9.15. The first-order valence-corrected chi connectivity index (χ1v) is 15.3. The van der Waals surface area contributed by atoms with E-state index in [2.05, 4.69) is 10.6 Å². The molecule has 0 saturated carbocycles. The standard InChI is InChI=1S/C28H16Cl6N4O6S/c1-11(39)35-19-7-13(17(31)9-21(19)37(41)42)25-15(29)3-5-23(27(25)33)45-24-6-4-16(30)26(28(24)34)14-8-20(36-12(2)40)22(38(43)44)10-18(14)32/h3-10H,1-2H3,(H,35,39)(H,36,40). The average molecular weight is 749 g/mol. The fraction of sp³-hybridized carbons (Fsp3) is 0.0714. The quantitative estimate of drug-likeness (QED) is 0.135. The highest BCUT2D eigenvalue weighted by Gasteiger charge is 2.25. The molecule has 0 bridgehead atoms. The number of hydrogen-bond donors (Lipinski definition) is 2. The molecular formula is C28H16Cl6N4O6S.